The molecule has 1 aliphatic rings. The maximum atomic E-state index is 13.9. The minimum atomic E-state index is -5.61. The average Bonchev–Trinajstić information content (AvgIpc) is 3.14. The van der Waals surface area contributed by atoms with Crippen LogP contribution in [0.25, 0.3) is 0 Å². The molecule has 4 rings (SSSR count). The normalized spacial score (nSPS) is 21.4. The van der Waals surface area contributed by atoms with Crippen molar-refractivity contribution in [3.05, 3.63) is 84.4 Å². The van der Waals surface area contributed by atoms with E-state index >= 15 is 0 Å². The Morgan fingerprint density at radius 2 is 1.43 bits per heavy atom. The summed E-state index contributed by atoms with van der Waals surface area (Å²) in [5.41, 5.74) is 0.518. The van der Waals surface area contributed by atoms with Gasteiger partial charge >= 0.3 is 15.4 Å². The van der Waals surface area contributed by atoms with Crippen molar-refractivity contribution in [2.75, 3.05) is 6.61 Å². The van der Waals surface area contributed by atoms with E-state index in [4.69, 9.17) is 18.8 Å². The second kappa shape index (κ2) is 9.99. The summed E-state index contributed by atoms with van der Waals surface area (Å²) in [4.78, 5) is 2.98. The number of hydrogen-bond acceptors (Lipinski definition) is 5. The highest BCUT2D eigenvalue weighted by molar-refractivity contribution is 7.97. The van der Waals surface area contributed by atoms with Crippen molar-refractivity contribution < 1.29 is 36.0 Å². The molecule has 0 spiro atoms. The van der Waals surface area contributed by atoms with Crippen molar-refractivity contribution in [1.29, 1.82) is 0 Å². The monoisotopic (exact) mass is 551 g/mol. The molecule has 0 radical (unpaired) electrons. The molecule has 6 nitrogen and oxygen atoms in total. The van der Waals surface area contributed by atoms with Gasteiger partial charge in [0.1, 0.15) is 5.75 Å². The predicted molar refractivity (Wildman–Crippen MR) is 137 cm³/mol. The Morgan fingerprint density at radius 1 is 0.919 bits per heavy atom. The Bertz CT molecular complexity index is 1330. The van der Waals surface area contributed by atoms with Crippen LogP contribution in [0.3, 0.4) is 0 Å². The van der Waals surface area contributed by atoms with Gasteiger partial charge in [0.2, 0.25) is 0 Å². The largest absolute Gasteiger partial charge is 0.483 e. The van der Waals surface area contributed by atoms with E-state index in [1.807, 2.05) is 75.4 Å². The van der Waals surface area contributed by atoms with Crippen molar-refractivity contribution in [1.82, 2.24) is 0 Å². The van der Waals surface area contributed by atoms with E-state index in [2.05, 4.69) is 0 Å². The van der Waals surface area contributed by atoms with Crippen LogP contribution >= 0.6 is 0 Å². The second-order valence-electron chi connectivity index (χ2n) is 9.51. The van der Waals surface area contributed by atoms with E-state index in [1.165, 1.54) is 12.1 Å². The summed E-state index contributed by atoms with van der Waals surface area (Å²) in [6.45, 7) is 7.24. The first-order valence-corrected chi connectivity index (χ1v) is 14.2. The van der Waals surface area contributed by atoms with E-state index < -0.39 is 38.2 Å². The summed E-state index contributed by atoms with van der Waals surface area (Å²) in [7, 11) is -6.14. The third-order valence-corrected chi connectivity index (χ3v) is 9.20. The van der Waals surface area contributed by atoms with Crippen molar-refractivity contribution in [3.63, 3.8) is 0 Å². The molecule has 3 aromatic rings. The van der Waals surface area contributed by atoms with Crippen molar-refractivity contribution >= 4 is 21.0 Å². The first-order valence-electron chi connectivity index (χ1n) is 11.6. The Balaban J connectivity index is 1.62. The third-order valence-electron chi connectivity index (χ3n) is 5.95. The van der Waals surface area contributed by atoms with Crippen molar-refractivity contribution in [3.8, 4) is 5.75 Å². The summed E-state index contributed by atoms with van der Waals surface area (Å²) in [5.74, 6) is -0.787. The minimum Gasteiger partial charge on any atom is -0.483 e. The second-order valence-corrected chi connectivity index (χ2v) is 13.0. The zero-order chi connectivity index (χ0) is 27.1. The summed E-state index contributed by atoms with van der Waals surface area (Å²) >= 11 is 0. The molecule has 3 unspecified atom stereocenters. The zero-order valence-electron chi connectivity index (χ0n) is 20.9. The van der Waals surface area contributed by atoms with Gasteiger partial charge in [0.15, 0.2) is 26.6 Å². The minimum absolute atomic E-state index is 0.0533. The Hall–Kier alpha value is -2.50. The fourth-order valence-electron chi connectivity index (χ4n) is 4.04. The molecule has 1 saturated heterocycles. The molecule has 1 fully saturated rings. The molecule has 0 bridgehead atoms. The smallest absolute Gasteiger partial charge is 0.405 e. The molecule has 1 heterocycles. The van der Waals surface area contributed by atoms with E-state index in [0.717, 1.165) is 27.2 Å². The molecular formula is C27H29F2O6S2+. The van der Waals surface area contributed by atoms with Gasteiger partial charge in [-0.15, -0.1) is 0 Å². The first kappa shape index (κ1) is 27.5. The SMILES string of the molecule is CC(Oc1ccc([S+](c2ccccc2)c2ccc(C3(C)OCC(C)(C)O3)cc2)cc1)C(F)(F)S(=O)(=O)O. The highest BCUT2D eigenvalue weighted by Gasteiger charge is 2.51. The maximum Gasteiger partial charge on any atom is 0.405 e. The molecule has 10 heteroatoms. The van der Waals surface area contributed by atoms with Crippen LogP contribution in [-0.2, 0) is 36.3 Å². The van der Waals surface area contributed by atoms with Gasteiger partial charge in [0.25, 0.3) is 0 Å². The van der Waals surface area contributed by atoms with Crippen LogP contribution in [0.1, 0.15) is 33.3 Å². The molecule has 0 aliphatic carbocycles. The van der Waals surface area contributed by atoms with Gasteiger partial charge < -0.3 is 14.2 Å². The van der Waals surface area contributed by atoms with Gasteiger partial charge in [-0.05, 0) is 88.4 Å². The Kier molecular flexibility index (Phi) is 7.44. The van der Waals surface area contributed by atoms with Gasteiger partial charge in [0.05, 0.1) is 23.1 Å². The zero-order valence-corrected chi connectivity index (χ0v) is 22.5. The quantitative estimate of drug-likeness (QED) is 0.272. The fraction of sp³-hybridized carbons (Fsp3) is 0.333. The van der Waals surface area contributed by atoms with Crippen molar-refractivity contribution in [2.45, 2.75) is 65.1 Å². The number of benzene rings is 3. The molecule has 0 aromatic heterocycles. The highest BCUT2D eigenvalue weighted by atomic mass is 32.2. The summed E-state index contributed by atoms with van der Waals surface area (Å²) < 4.78 is 75.9. The number of hydrogen-bond donors (Lipinski definition) is 1. The van der Waals surface area contributed by atoms with E-state index in [0.29, 0.717) is 6.61 Å². The van der Waals surface area contributed by atoms with Crippen LogP contribution in [-0.4, -0.2) is 36.5 Å². The lowest BCUT2D eigenvalue weighted by Gasteiger charge is -2.26. The van der Waals surface area contributed by atoms with Gasteiger partial charge in [-0.1, -0.05) is 18.2 Å². The lowest BCUT2D eigenvalue weighted by atomic mass is 10.1. The number of halogens is 2. The van der Waals surface area contributed by atoms with Gasteiger partial charge in [-0.3, -0.25) is 4.55 Å². The topological polar surface area (TPSA) is 82.1 Å². The van der Waals surface area contributed by atoms with Crippen LogP contribution < -0.4 is 4.74 Å². The molecule has 198 valence electrons. The molecule has 37 heavy (non-hydrogen) atoms. The number of rotatable bonds is 8. The highest BCUT2D eigenvalue weighted by Crippen LogP contribution is 2.40. The molecule has 0 saturated carbocycles. The fourth-order valence-corrected chi connectivity index (χ4v) is 6.57. The number of alkyl halides is 2. The number of ether oxygens (including phenoxy) is 3. The summed E-state index contributed by atoms with van der Waals surface area (Å²) in [6, 6.07) is 24.4. The van der Waals surface area contributed by atoms with E-state index in [9.17, 15) is 17.2 Å². The molecule has 1 aliphatic heterocycles. The molecule has 3 atom stereocenters. The molecule has 1 N–H and O–H groups in total. The lowest BCUT2D eigenvalue weighted by molar-refractivity contribution is -0.176. The molecule has 3 aromatic carbocycles. The van der Waals surface area contributed by atoms with Crippen LogP contribution in [0.2, 0.25) is 0 Å². The summed E-state index contributed by atoms with van der Waals surface area (Å²) in [5, 5.41) is -4.44. The standard InChI is InChI=1S/C27H28F2O6S2/c1-19(27(28,29)37(30,31)32)34-21-12-16-24(17-13-21)36(22-8-6-5-7-9-22)23-14-10-20(11-15-23)26(4)33-18-25(2,3)35-26/h5-17,19H,18H2,1-4H3/p+1. The van der Waals surface area contributed by atoms with E-state index in [1.54, 1.807) is 12.1 Å². The van der Waals surface area contributed by atoms with Crippen LogP contribution in [0, 0.1) is 0 Å². The van der Waals surface area contributed by atoms with Crippen LogP contribution in [0.5, 0.6) is 5.75 Å². The maximum absolute atomic E-state index is 13.9. The van der Waals surface area contributed by atoms with Crippen molar-refractivity contribution in [2.24, 2.45) is 0 Å². The average molecular weight is 552 g/mol. The van der Waals surface area contributed by atoms with Gasteiger partial charge in [-0.25, -0.2) is 0 Å². The third kappa shape index (κ3) is 5.83. The predicted octanol–water partition coefficient (Wildman–Crippen LogP) is 6.03. The molecule has 0 amide bonds. The Morgan fingerprint density at radius 3 is 1.92 bits per heavy atom. The molecular weight excluding hydrogens is 522 g/mol. The summed E-state index contributed by atoms with van der Waals surface area (Å²) in [6.07, 6.45) is -2.08. The van der Waals surface area contributed by atoms with Gasteiger partial charge in [0, 0.05) is 5.56 Å². The van der Waals surface area contributed by atoms with E-state index in [-0.39, 0.29) is 11.4 Å². The Labute approximate surface area is 218 Å². The first-order chi connectivity index (χ1) is 17.2. The van der Waals surface area contributed by atoms with Crippen LogP contribution in [0.15, 0.2) is 93.5 Å². The van der Waals surface area contributed by atoms with Gasteiger partial charge in [-0.2, -0.15) is 17.2 Å². The van der Waals surface area contributed by atoms with Crippen LogP contribution in [0.4, 0.5) is 8.78 Å². The lowest BCUT2D eigenvalue weighted by Crippen LogP contribution is -2.42.